The van der Waals surface area contributed by atoms with Crippen LogP contribution in [0, 0.1) is 0 Å². The van der Waals surface area contributed by atoms with Crippen LogP contribution < -0.4 is 5.32 Å². The van der Waals surface area contributed by atoms with Gasteiger partial charge in [-0.3, -0.25) is 4.79 Å². The normalized spacial score (nSPS) is 11.4. The van der Waals surface area contributed by atoms with E-state index in [-0.39, 0.29) is 17.3 Å². The van der Waals surface area contributed by atoms with Crippen molar-refractivity contribution in [1.82, 2.24) is 5.32 Å². The van der Waals surface area contributed by atoms with Gasteiger partial charge in [-0.15, -0.1) is 0 Å². The minimum Gasteiger partial charge on any atom is -0.376 e. The van der Waals surface area contributed by atoms with E-state index in [2.05, 4.69) is 26.1 Å². The molecule has 0 heterocycles. The van der Waals surface area contributed by atoms with Gasteiger partial charge in [0.05, 0.1) is 5.60 Å². The molecule has 1 amide bonds. The first-order valence-electron chi connectivity index (χ1n) is 7.71. The molecule has 0 saturated carbocycles. The maximum atomic E-state index is 11.4. The molecule has 0 rings (SSSR count). The second-order valence-corrected chi connectivity index (χ2v) is 6.28. The summed E-state index contributed by atoms with van der Waals surface area (Å²) >= 11 is 0. The van der Waals surface area contributed by atoms with Crippen LogP contribution in [0.1, 0.15) is 72.6 Å². The van der Waals surface area contributed by atoms with Gasteiger partial charge in [-0.2, -0.15) is 0 Å². The van der Waals surface area contributed by atoms with E-state index in [9.17, 15) is 9.59 Å². The average molecular weight is 285 g/mol. The van der Waals surface area contributed by atoms with Gasteiger partial charge < -0.3 is 14.8 Å². The van der Waals surface area contributed by atoms with Crippen molar-refractivity contribution in [3.05, 3.63) is 0 Å². The summed E-state index contributed by atoms with van der Waals surface area (Å²) in [6.07, 6.45) is 5.95. The van der Waals surface area contributed by atoms with Crippen molar-refractivity contribution >= 4 is 11.7 Å². The van der Waals surface area contributed by atoms with Gasteiger partial charge in [0.1, 0.15) is 5.78 Å². The Hall–Kier alpha value is -0.900. The molecule has 0 aliphatic carbocycles. The van der Waals surface area contributed by atoms with Gasteiger partial charge in [0.2, 0.25) is 5.91 Å². The Morgan fingerprint density at radius 2 is 1.60 bits per heavy atom. The van der Waals surface area contributed by atoms with Crippen molar-refractivity contribution in [2.75, 3.05) is 13.2 Å². The van der Waals surface area contributed by atoms with E-state index >= 15 is 0 Å². The Morgan fingerprint density at radius 3 is 2.20 bits per heavy atom. The Morgan fingerprint density at radius 1 is 0.950 bits per heavy atom. The van der Waals surface area contributed by atoms with E-state index in [0.29, 0.717) is 19.3 Å². The molecule has 0 aromatic carbocycles. The van der Waals surface area contributed by atoms with E-state index < -0.39 is 0 Å². The van der Waals surface area contributed by atoms with Crippen LogP contribution in [-0.2, 0) is 14.3 Å². The fraction of sp³-hybridized carbons (Fsp3) is 0.875. The van der Waals surface area contributed by atoms with Crippen molar-refractivity contribution in [3.63, 3.8) is 0 Å². The summed E-state index contributed by atoms with van der Waals surface area (Å²) in [5.41, 5.74) is -0.0478. The summed E-state index contributed by atoms with van der Waals surface area (Å²) < 4.78 is 5.64. The van der Waals surface area contributed by atoms with Crippen molar-refractivity contribution < 1.29 is 14.3 Å². The fourth-order valence-electron chi connectivity index (χ4n) is 1.77. The summed E-state index contributed by atoms with van der Waals surface area (Å²) in [7, 11) is 0. The van der Waals surface area contributed by atoms with Crippen molar-refractivity contribution in [3.8, 4) is 0 Å². The predicted molar refractivity (Wildman–Crippen MR) is 81.7 cm³/mol. The lowest BCUT2D eigenvalue weighted by molar-refractivity contribution is -0.121. The number of ketones is 1. The molecule has 0 bridgehead atoms. The van der Waals surface area contributed by atoms with Crippen molar-refractivity contribution in [1.29, 1.82) is 0 Å². The third-order valence-corrected chi connectivity index (χ3v) is 2.86. The molecule has 20 heavy (non-hydrogen) atoms. The van der Waals surface area contributed by atoms with Gasteiger partial charge in [-0.1, -0.05) is 12.8 Å². The van der Waals surface area contributed by atoms with E-state index in [4.69, 9.17) is 4.74 Å². The zero-order valence-corrected chi connectivity index (χ0v) is 13.6. The molecule has 1 N–H and O–H groups in total. The maximum Gasteiger partial charge on any atom is 0.220 e. The molecule has 0 spiro atoms. The second-order valence-electron chi connectivity index (χ2n) is 6.28. The van der Waals surface area contributed by atoms with Crippen LogP contribution in [-0.4, -0.2) is 30.4 Å². The summed E-state index contributed by atoms with van der Waals surface area (Å²) in [5.74, 6) is 0.206. The highest BCUT2D eigenvalue weighted by atomic mass is 16.5. The molecule has 0 aromatic rings. The number of nitrogens with one attached hydrogen (secondary N) is 1. The van der Waals surface area contributed by atoms with Crippen LogP contribution in [0.2, 0.25) is 0 Å². The van der Waals surface area contributed by atoms with E-state index in [1.807, 2.05) is 0 Å². The molecule has 0 radical (unpaired) electrons. The lowest BCUT2D eigenvalue weighted by Gasteiger charge is -2.19. The Bertz CT molecular complexity index is 282. The smallest absolute Gasteiger partial charge is 0.220 e. The Labute approximate surface area is 123 Å². The second kappa shape index (κ2) is 10.8. The Balaban J connectivity index is 3.27. The van der Waals surface area contributed by atoms with E-state index in [0.717, 1.165) is 38.8 Å². The Kier molecular flexibility index (Phi) is 10.3. The van der Waals surface area contributed by atoms with Crippen LogP contribution in [0.3, 0.4) is 0 Å². The van der Waals surface area contributed by atoms with Crippen LogP contribution in [0.4, 0.5) is 0 Å². The first kappa shape index (κ1) is 19.1. The van der Waals surface area contributed by atoms with Gasteiger partial charge in [-0.05, 0) is 47.0 Å². The van der Waals surface area contributed by atoms with Gasteiger partial charge in [0, 0.05) is 26.0 Å². The monoisotopic (exact) mass is 285 g/mol. The standard InChI is InChI=1S/C16H31NO3/c1-14(18)10-9-11-15(19)17-12-7-5-6-8-13-20-16(2,3)4/h5-13H2,1-4H3,(H,17,19). The zero-order chi connectivity index (χ0) is 15.4. The number of hydrogen-bond acceptors (Lipinski definition) is 3. The molecular weight excluding hydrogens is 254 g/mol. The fourth-order valence-corrected chi connectivity index (χ4v) is 1.77. The van der Waals surface area contributed by atoms with Gasteiger partial charge in [-0.25, -0.2) is 0 Å². The van der Waals surface area contributed by atoms with Gasteiger partial charge in [0.25, 0.3) is 0 Å². The number of hydrogen-bond donors (Lipinski definition) is 1. The van der Waals surface area contributed by atoms with Crippen molar-refractivity contribution in [2.24, 2.45) is 0 Å². The minimum absolute atomic E-state index is 0.0478. The summed E-state index contributed by atoms with van der Waals surface area (Å²) in [6.45, 7) is 9.29. The molecule has 0 aliphatic heterocycles. The topological polar surface area (TPSA) is 55.4 Å². The molecule has 0 aliphatic rings. The molecule has 0 fully saturated rings. The quantitative estimate of drug-likeness (QED) is 0.593. The van der Waals surface area contributed by atoms with Gasteiger partial charge in [0.15, 0.2) is 0 Å². The number of Topliss-reactive ketones (excluding diaryl/α,β-unsaturated/α-hetero) is 1. The molecule has 4 nitrogen and oxygen atoms in total. The van der Waals surface area contributed by atoms with E-state index in [1.54, 1.807) is 6.92 Å². The molecule has 0 unspecified atom stereocenters. The summed E-state index contributed by atoms with van der Waals surface area (Å²) in [4.78, 5) is 22.2. The predicted octanol–water partition coefficient (Wildman–Crippen LogP) is 3.24. The third-order valence-electron chi connectivity index (χ3n) is 2.86. The highest BCUT2D eigenvalue weighted by molar-refractivity contribution is 5.78. The zero-order valence-electron chi connectivity index (χ0n) is 13.6. The van der Waals surface area contributed by atoms with Crippen molar-refractivity contribution in [2.45, 2.75) is 78.2 Å². The van der Waals surface area contributed by atoms with E-state index in [1.165, 1.54) is 0 Å². The molecular formula is C16H31NO3. The largest absolute Gasteiger partial charge is 0.376 e. The number of carbonyl (C=O) groups is 2. The van der Waals surface area contributed by atoms with Crippen LogP contribution in [0.25, 0.3) is 0 Å². The lowest BCUT2D eigenvalue weighted by atomic mass is 10.1. The number of unbranched alkanes of at least 4 members (excludes halogenated alkanes) is 3. The highest BCUT2D eigenvalue weighted by Crippen LogP contribution is 2.08. The molecule has 0 aromatic heterocycles. The van der Waals surface area contributed by atoms with Crippen LogP contribution >= 0.6 is 0 Å². The highest BCUT2D eigenvalue weighted by Gasteiger charge is 2.08. The van der Waals surface area contributed by atoms with Gasteiger partial charge >= 0.3 is 0 Å². The molecule has 0 saturated heterocycles. The lowest BCUT2D eigenvalue weighted by Crippen LogP contribution is -2.24. The molecule has 118 valence electrons. The minimum atomic E-state index is -0.0478. The molecule has 4 heteroatoms. The first-order valence-corrected chi connectivity index (χ1v) is 7.71. The SMILES string of the molecule is CC(=O)CCCC(=O)NCCCCCCOC(C)(C)C. The number of amides is 1. The average Bonchev–Trinajstić information content (AvgIpc) is 2.30. The number of rotatable bonds is 11. The molecule has 0 atom stereocenters. The first-order chi connectivity index (χ1) is 9.31. The summed E-state index contributed by atoms with van der Waals surface area (Å²) in [5, 5.41) is 2.89. The number of ether oxygens (including phenoxy) is 1. The maximum absolute atomic E-state index is 11.4. The summed E-state index contributed by atoms with van der Waals surface area (Å²) in [6, 6.07) is 0. The third kappa shape index (κ3) is 15.2. The van der Waals surface area contributed by atoms with Crippen LogP contribution in [0.5, 0.6) is 0 Å². The van der Waals surface area contributed by atoms with Crippen LogP contribution in [0.15, 0.2) is 0 Å². The number of carbonyl (C=O) groups excluding carboxylic acids is 2.